The monoisotopic (exact) mass is 466 g/mol. The molecule has 33 heavy (non-hydrogen) atoms. The maximum absolute atomic E-state index is 2.52. The molecular formula is C31H32P2. The second-order valence-electron chi connectivity index (χ2n) is 9.13. The average Bonchev–Trinajstić information content (AvgIpc) is 3.68. The molecule has 4 atom stereocenters. The summed E-state index contributed by atoms with van der Waals surface area (Å²) in [5, 5.41) is 6.05. The van der Waals surface area contributed by atoms with Gasteiger partial charge < -0.3 is 0 Å². The summed E-state index contributed by atoms with van der Waals surface area (Å²) in [7, 11) is -0.722. The van der Waals surface area contributed by atoms with Gasteiger partial charge in [-0.2, -0.15) is 0 Å². The molecule has 0 saturated heterocycles. The van der Waals surface area contributed by atoms with Gasteiger partial charge in [-0.15, -0.1) is 0 Å². The second kappa shape index (κ2) is 10.3. The van der Waals surface area contributed by atoms with Crippen LogP contribution in [0.25, 0.3) is 0 Å². The van der Waals surface area contributed by atoms with E-state index in [0.717, 1.165) is 11.8 Å². The van der Waals surface area contributed by atoms with Gasteiger partial charge in [0, 0.05) is 0 Å². The summed E-state index contributed by atoms with van der Waals surface area (Å²) >= 11 is 0. The van der Waals surface area contributed by atoms with E-state index in [4.69, 9.17) is 0 Å². The Balaban J connectivity index is 1.42. The van der Waals surface area contributed by atoms with Crippen molar-refractivity contribution in [2.24, 2.45) is 11.8 Å². The van der Waals surface area contributed by atoms with Gasteiger partial charge in [0.25, 0.3) is 0 Å². The van der Waals surface area contributed by atoms with E-state index in [9.17, 15) is 0 Å². The Kier molecular flexibility index (Phi) is 7.06. The molecule has 4 unspecified atom stereocenters. The lowest BCUT2D eigenvalue weighted by atomic mass is 10.2. The van der Waals surface area contributed by atoms with E-state index in [2.05, 4.69) is 135 Å². The molecule has 1 aliphatic rings. The standard InChI is InChI=1S/C31H32P2/c1-24(32(26-15-7-3-8-16-26)27-17-9-4-10-18-27)30-23-31(30)25(2)33(28-19-11-5-12-20-28)29-21-13-6-14-22-29/h3-22,24-25,30-31H,23H2,1-2H3. The second-order valence-corrected chi connectivity index (χ2v) is 14.3. The van der Waals surface area contributed by atoms with Gasteiger partial charge >= 0.3 is 0 Å². The third-order valence-electron chi connectivity index (χ3n) is 7.08. The largest absolute Gasteiger partial charge is 0.0622 e. The van der Waals surface area contributed by atoms with Crippen molar-refractivity contribution in [3.05, 3.63) is 121 Å². The minimum Gasteiger partial charge on any atom is -0.0622 e. The lowest BCUT2D eigenvalue weighted by molar-refractivity contribution is 0.679. The highest BCUT2D eigenvalue weighted by Crippen LogP contribution is 2.60. The normalized spacial score (nSPS) is 19.4. The van der Waals surface area contributed by atoms with Crippen molar-refractivity contribution in [1.82, 2.24) is 0 Å². The van der Waals surface area contributed by atoms with Crippen LogP contribution < -0.4 is 21.2 Å². The first-order chi connectivity index (χ1) is 16.2. The molecule has 0 radical (unpaired) electrons. The third-order valence-corrected chi connectivity index (χ3v) is 12.9. The molecule has 5 rings (SSSR count). The topological polar surface area (TPSA) is 0 Å². The Morgan fingerprint density at radius 1 is 0.455 bits per heavy atom. The van der Waals surface area contributed by atoms with Crippen molar-refractivity contribution in [1.29, 1.82) is 0 Å². The zero-order chi connectivity index (χ0) is 22.6. The van der Waals surface area contributed by atoms with Gasteiger partial charge in [-0.05, 0) is 66.6 Å². The first-order valence-corrected chi connectivity index (χ1v) is 14.8. The van der Waals surface area contributed by atoms with Crippen molar-refractivity contribution in [3.63, 3.8) is 0 Å². The van der Waals surface area contributed by atoms with Crippen molar-refractivity contribution < 1.29 is 0 Å². The molecule has 0 aromatic heterocycles. The molecule has 0 bridgehead atoms. The van der Waals surface area contributed by atoms with Crippen molar-refractivity contribution in [2.45, 2.75) is 31.6 Å². The summed E-state index contributed by atoms with van der Waals surface area (Å²) in [4.78, 5) is 0. The molecule has 0 heterocycles. The molecule has 4 aromatic carbocycles. The van der Waals surface area contributed by atoms with E-state index in [-0.39, 0.29) is 15.8 Å². The highest BCUT2D eigenvalue weighted by atomic mass is 31.1. The van der Waals surface area contributed by atoms with E-state index in [1.54, 1.807) is 0 Å². The zero-order valence-corrected chi connectivity index (χ0v) is 21.2. The Bertz CT molecular complexity index is 957. The van der Waals surface area contributed by atoms with Gasteiger partial charge in [-0.25, -0.2) is 0 Å². The third kappa shape index (κ3) is 4.99. The van der Waals surface area contributed by atoms with Crippen LogP contribution in [0.4, 0.5) is 0 Å². The summed E-state index contributed by atoms with van der Waals surface area (Å²) in [6.07, 6.45) is 1.36. The fourth-order valence-electron chi connectivity index (χ4n) is 5.32. The molecule has 166 valence electrons. The molecule has 0 spiro atoms. The fraction of sp³-hybridized carbons (Fsp3) is 0.226. The molecule has 4 aromatic rings. The predicted octanol–water partition coefficient (Wildman–Crippen LogP) is 6.67. The summed E-state index contributed by atoms with van der Waals surface area (Å²) < 4.78 is 0. The van der Waals surface area contributed by atoms with Crippen LogP contribution in [0.3, 0.4) is 0 Å². The summed E-state index contributed by atoms with van der Waals surface area (Å²) in [6.45, 7) is 5.05. The number of hydrogen-bond acceptors (Lipinski definition) is 0. The Morgan fingerprint density at radius 3 is 0.939 bits per heavy atom. The van der Waals surface area contributed by atoms with E-state index >= 15 is 0 Å². The molecule has 1 saturated carbocycles. The van der Waals surface area contributed by atoms with E-state index < -0.39 is 0 Å². The van der Waals surface area contributed by atoms with Crippen molar-refractivity contribution in [2.75, 3.05) is 0 Å². The Morgan fingerprint density at radius 2 is 0.697 bits per heavy atom. The minimum absolute atomic E-state index is 0.361. The molecule has 2 heteroatoms. The molecule has 0 aliphatic heterocycles. The van der Waals surface area contributed by atoms with Gasteiger partial charge in [0.15, 0.2) is 0 Å². The molecule has 0 amide bonds. The zero-order valence-electron chi connectivity index (χ0n) is 19.5. The highest BCUT2D eigenvalue weighted by Gasteiger charge is 2.49. The maximum atomic E-state index is 2.52. The van der Waals surface area contributed by atoms with Gasteiger partial charge in [0.05, 0.1) is 0 Å². The van der Waals surface area contributed by atoms with Gasteiger partial charge in [-0.3, -0.25) is 0 Å². The summed E-state index contributed by atoms with van der Waals surface area (Å²) in [5.41, 5.74) is 1.36. The Hall–Kier alpha value is -2.26. The highest BCUT2D eigenvalue weighted by molar-refractivity contribution is 7.74. The number of rotatable bonds is 8. The molecule has 0 N–H and O–H groups in total. The van der Waals surface area contributed by atoms with E-state index in [0.29, 0.717) is 11.3 Å². The molecule has 1 fully saturated rings. The van der Waals surface area contributed by atoms with Crippen LogP contribution in [0, 0.1) is 11.8 Å². The first-order valence-electron chi connectivity index (χ1n) is 12.0. The fourth-order valence-corrected chi connectivity index (χ4v) is 11.2. The van der Waals surface area contributed by atoms with E-state index in [1.165, 1.54) is 27.6 Å². The molecular weight excluding hydrogens is 434 g/mol. The van der Waals surface area contributed by atoms with Crippen molar-refractivity contribution >= 4 is 37.1 Å². The van der Waals surface area contributed by atoms with Crippen LogP contribution in [0.15, 0.2) is 121 Å². The predicted molar refractivity (Wildman–Crippen MR) is 149 cm³/mol. The van der Waals surface area contributed by atoms with Gasteiger partial charge in [0.2, 0.25) is 0 Å². The lowest BCUT2D eigenvalue weighted by Gasteiger charge is -2.29. The van der Waals surface area contributed by atoms with Crippen LogP contribution in [0.2, 0.25) is 0 Å². The quantitative estimate of drug-likeness (QED) is 0.255. The van der Waals surface area contributed by atoms with Gasteiger partial charge in [-0.1, -0.05) is 135 Å². The first kappa shape index (κ1) is 22.5. The Labute approximate surface area is 201 Å². The summed E-state index contributed by atoms with van der Waals surface area (Å²) in [6, 6.07) is 45.0. The SMILES string of the molecule is CC(C1CC1C(C)P(c1ccccc1)c1ccccc1)P(c1ccccc1)c1ccccc1. The summed E-state index contributed by atoms with van der Waals surface area (Å²) in [5.74, 6) is 1.59. The van der Waals surface area contributed by atoms with Crippen molar-refractivity contribution in [3.8, 4) is 0 Å². The smallest absolute Gasteiger partial charge is 0.0126 e. The average molecular weight is 467 g/mol. The maximum Gasteiger partial charge on any atom is -0.0126 e. The van der Waals surface area contributed by atoms with Crippen LogP contribution >= 0.6 is 15.8 Å². The van der Waals surface area contributed by atoms with E-state index in [1.807, 2.05) is 0 Å². The number of benzene rings is 4. The minimum atomic E-state index is -0.361. The van der Waals surface area contributed by atoms with Crippen LogP contribution in [-0.2, 0) is 0 Å². The molecule has 1 aliphatic carbocycles. The number of hydrogen-bond donors (Lipinski definition) is 0. The molecule has 0 nitrogen and oxygen atoms in total. The van der Waals surface area contributed by atoms with Crippen LogP contribution in [0.1, 0.15) is 20.3 Å². The van der Waals surface area contributed by atoms with Crippen LogP contribution in [0.5, 0.6) is 0 Å². The lowest BCUT2D eigenvalue weighted by Crippen LogP contribution is -2.25. The van der Waals surface area contributed by atoms with Crippen LogP contribution in [-0.4, -0.2) is 11.3 Å². The van der Waals surface area contributed by atoms with Gasteiger partial charge in [0.1, 0.15) is 0 Å².